The number of amides is 2. The molecular weight excluding hydrogens is 392 g/mol. The molecule has 2 amide bonds. The second-order valence-corrected chi connectivity index (χ2v) is 8.41. The fraction of sp³-hybridized carbons (Fsp3) is 0.375. The maximum Gasteiger partial charge on any atom is 0.258 e. The first-order valence-electron chi connectivity index (χ1n) is 10.9. The molecule has 1 unspecified atom stereocenters. The van der Waals surface area contributed by atoms with Crippen molar-refractivity contribution in [3.8, 4) is 5.75 Å². The van der Waals surface area contributed by atoms with Gasteiger partial charge in [0.05, 0.1) is 11.9 Å². The topological polar surface area (TPSA) is 78.7 Å². The average molecular weight is 418 g/mol. The Morgan fingerprint density at radius 1 is 1.00 bits per heavy atom. The SMILES string of the molecule is O=C(C1CCCN1C(=O)c1ccc2ccccc2c1O)N1CCC(n2ccnc2)CC1. The van der Waals surface area contributed by atoms with Crippen molar-refractivity contribution >= 4 is 22.6 Å². The van der Waals surface area contributed by atoms with E-state index in [0.29, 0.717) is 37.5 Å². The largest absolute Gasteiger partial charge is 0.506 e. The molecule has 2 aliphatic rings. The molecule has 160 valence electrons. The van der Waals surface area contributed by atoms with Crippen LogP contribution < -0.4 is 0 Å². The third-order valence-electron chi connectivity index (χ3n) is 6.65. The molecule has 1 N–H and O–H groups in total. The molecule has 3 heterocycles. The van der Waals surface area contributed by atoms with Crippen LogP contribution in [-0.4, -0.2) is 61.9 Å². The number of piperidine rings is 1. The van der Waals surface area contributed by atoms with E-state index in [9.17, 15) is 14.7 Å². The molecule has 1 atom stereocenters. The van der Waals surface area contributed by atoms with Crippen LogP contribution in [0.4, 0.5) is 0 Å². The molecule has 7 heteroatoms. The Hall–Kier alpha value is -3.35. The number of hydrogen-bond donors (Lipinski definition) is 1. The zero-order chi connectivity index (χ0) is 21.4. The number of imidazole rings is 1. The number of hydrogen-bond acceptors (Lipinski definition) is 4. The Labute approximate surface area is 180 Å². The van der Waals surface area contributed by atoms with Gasteiger partial charge in [-0.2, -0.15) is 0 Å². The van der Waals surface area contributed by atoms with Gasteiger partial charge in [-0.05, 0) is 37.1 Å². The average Bonchev–Trinajstić information content (AvgIpc) is 3.51. The second-order valence-electron chi connectivity index (χ2n) is 8.41. The van der Waals surface area contributed by atoms with E-state index in [1.165, 1.54) is 0 Å². The standard InChI is InChI=1S/C24H26N4O3/c29-22-19-5-2-1-4-17(19)7-8-20(22)23(30)28-12-3-6-21(28)24(31)26-13-9-18(10-14-26)27-15-11-25-16-27/h1-2,4-5,7-8,11,15-16,18,21,29H,3,6,9-10,12-14H2. The summed E-state index contributed by atoms with van der Waals surface area (Å²) < 4.78 is 2.11. The highest BCUT2D eigenvalue weighted by atomic mass is 16.3. The summed E-state index contributed by atoms with van der Waals surface area (Å²) in [6.07, 6.45) is 8.80. The van der Waals surface area contributed by atoms with E-state index < -0.39 is 6.04 Å². The summed E-state index contributed by atoms with van der Waals surface area (Å²) in [6.45, 7) is 1.90. The summed E-state index contributed by atoms with van der Waals surface area (Å²) in [5, 5.41) is 12.3. The predicted octanol–water partition coefficient (Wildman–Crippen LogP) is 3.21. The van der Waals surface area contributed by atoms with Crippen LogP contribution in [0.2, 0.25) is 0 Å². The van der Waals surface area contributed by atoms with Gasteiger partial charge in [0.1, 0.15) is 11.8 Å². The summed E-state index contributed by atoms with van der Waals surface area (Å²) in [4.78, 5) is 34.2. The van der Waals surface area contributed by atoms with Gasteiger partial charge in [-0.3, -0.25) is 9.59 Å². The summed E-state index contributed by atoms with van der Waals surface area (Å²) >= 11 is 0. The van der Waals surface area contributed by atoms with Crippen LogP contribution >= 0.6 is 0 Å². The molecule has 0 spiro atoms. The number of fused-ring (bicyclic) bond motifs is 1. The lowest BCUT2D eigenvalue weighted by Crippen LogP contribution is -2.50. The highest BCUT2D eigenvalue weighted by Gasteiger charge is 2.38. The third kappa shape index (κ3) is 3.54. The van der Waals surface area contributed by atoms with Gasteiger partial charge < -0.3 is 19.5 Å². The van der Waals surface area contributed by atoms with Crippen molar-refractivity contribution in [1.82, 2.24) is 19.4 Å². The molecule has 2 aliphatic heterocycles. The lowest BCUT2D eigenvalue weighted by molar-refractivity contribution is -0.136. The van der Waals surface area contributed by atoms with Crippen LogP contribution in [0, 0.1) is 0 Å². The molecule has 2 aromatic carbocycles. The predicted molar refractivity (Wildman–Crippen MR) is 117 cm³/mol. The van der Waals surface area contributed by atoms with Crippen molar-refractivity contribution in [1.29, 1.82) is 0 Å². The van der Waals surface area contributed by atoms with Gasteiger partial charge in [0.15, 0.2) is 0 Å². The summed E-state index contributed by atoms with van der Waals surface area (Å²) in [7, 11) is 0. The number of aromatic hydroxyl groups is 1. The minimum Gasteiger partial charge on any atom is -0.506 e. The zero-order valence-electron chi connectivity index (χ0n) is 17.4. The van der Waals surface area contributed by atoms with Crippen LogP contribution in [0.5, 0.6) is 5.75 Å². The number of aromatic nitrogens is 2. The van der Waals surface area contributed by atoms with Crippen LogP contribution in [-0.2, 0) is 4.79 Å². The van der Waals surface area contributed by atoms with Gasteiger partial charge in [-0.25, -0.2) is 4.98 Å². The number of likely N-dealkylation sites (tertiary alicyclic amines) is 2. The fourth-order valence-electron chi connectivity index (χ4n) is 4.93. The molecule has 0 saturated carbocycles. The number of carbonyl (C=O) groups excluding carboxylic acids is 2. The van der Waals surface area contributed by atoms with Gasteiger partial charge in [0.2, 0.25) is 5.91 Å². The molecule has 0 bridgehead atoms. The van der Waals surface area contributed by atoms with Crippen LogP contribution in [0.3, 0.4) is 0 Å². The number of nitrogens with zero attached hydrogens (tertiary/aromatic N) is 4. The highest BCUT2D eigenvalue weighted by Crippen LogP contribution is 2.32. The molecule has 3 aromatic rings. The van der Waals surface area contributed by atoms with Crippen molar-refractivity contribution in [3.05, 3.63) is 60.7 Å². The van der Waals surface area contributed by atoms with Crippen LogP contribution in [0.1, 0.15) is 42.1 Å². The maximum absolute atomic E-state index is 13.3. The van der Waals surface area contributed by atoms with Crippen molar-refractivity contribution in [2.75, 3.05) is 19.6 Å². The molecule has 2 fully saturated rings. The molecule has 1 aromatic heterocycles. The van der Waals surface area contributed by atoms with E-state index in [1.54, 1.807) is 23.2 Å². The number of phenols is 1. The van der Waals surface area contributed by atoms with E-state index in [-0.39, 0.29) is 23.1 Å². The van der Waals surface area contributed by atoms with Crippen molar-refractivity contribution in [3.63, 3.8) is 0 Å². The summed E-state index contributed by atoms with van der Waals surface area (Å²) in [5.74, 6) is -0.259. The van der Waals surface area contributed by atoms with Crippen molar-refractivity contribution in [2.24, 2.45) is 0 Å². The molecule has 0 radical (unpaired) electrons. The van der Waals surface area contributed by atoms with E-state index in [4.69, 9.17) is 0 Å². The Morgan fingerprint density at radius 3 is 2.58 bits per heavy atom. The van der Waals surface area contributed by atoms with E-state index in [2.05, 4.69) is 9.55 Å². The minimum atomic E-state index is -0.455. The Balaban J connectivity index is 1.31. The van der Waals surface area contributed by atoms with Gasteiger partial charge in [0.25, 0.3) is 5.91 Å². The van der Waals surface area contributed by atoms with Gasteiger partial charge >= 0.3 is 0 Å². The van der Waals surface area contributed by atoms with E-state index in [1.807, 2.05) is 41.7 Å². The Kier molecular flexibility index (Phi) is 5.10. The van der Waals surface area contributed by atoms with E-state index in [0.717, 1.165) is 24.6 Å². The van der Waals surface area contributed by atoms with Crippen molar-refractivity contribution < 1.29 is 14.7 Å². The smallest absolute Gasteiger partial charge is 0.258 e. The normalized spacial score (nSPS) is 19.8. The van der Waals surface area contributed by atoms with Gasteiger partial charge in [-0.1, -0.05) is 30.3 Å². The molecular formula is C24H26N4O3. The minimum absolute atomic E-state index is 0.0117. The molecule has 0 aliphatic carbocycles. The number of benzene rings is 2. The fourth-order valence-corrected chi connectivity index (χ4v) is 4.93. The zero-order valence-corrected chi connectivity index (χ0v) is 17.4. The maximum atomic E-state index is 13.3. The van der Waals surface area contributed by atoms with Crippen LogP contribution in [0.25, 0.3) is 10.8 Å². The first kappa shape index (κ1) is 19.6. The number of carbonyl (C=O) groups is 2. The lowest BCUT2D eigenvalue weighted by atomic mass is 10.0. The van der Waals surface area contributed by atoms with Gasteiger partial charge in [0, 0.05) is 43.5 Å². The monoisotopic (exact) mass is 418 g/mol. The third-order valence-corrected chi connectivity index (χ3v) is 6.65. The highest BCUT2D eigenvalue weighted by molar-refractivity contribution is 6.05. The first-order chi connectivity index (χ1) is 15.1. The van der Waals surface area contributed by atoms with Crippen LogP contribution in [0.15, 0.2) is 55.1 Å². The lowest BCUT2D eigenvalue weighted by Gasteiger charge is -2.36. The van der Waals surface area contributed by atoms with Crippen molar-refractivity contribution in [2.45, 2.75) is 37.8 Å². The quantitative estimate of drug-likeness (QED) is 0.708. The van der Waals surface area contributed by atoms with Gasteiger partial charge in [-0.15, -0.1) is 0 Å². The molecule has 7 nitrogen and oxygen atoms in total. The Morgan fingerprint density at radius 2 is 1.81 bits per heavy atom. The first-order valence-corrected chi connectivity index (χ1v) is 10.9. The summed E-state index contributed by atoms with van der Waals surface area (Å²) in [5.41, 5.74) is 0.261. The molecule has 31 heavy (non-hydrogen) atoms. The number of rotatable bonds is 3. The number of phenolic OH excluding ortho intramolecular Hbond substituents is 1. The second kappa shape index (κ2) is 8.06. The Bertz CT molecular complexity index is 1100. The summed E-state index contributed by atoms with van der Waals surface area (Å²) in [6, 6.07) is 10.9. The van der Waals surface area contributed by atoms with E-state index >= 15 is 0 Å². The molecule has 5 rings (SSSR count). The molecule has 2 saturated heterocycles.